The summed E-state index contributed by atoms with van der Waals surface area (Å²) < 4.78 is 20.1. The third kappa shape index (κ3) is 4.82. The maximum Gasteiger partial charge on any atom is 0.488 e. The van der Waals surface area contributed by atoms with Crippen molar-refractivity contribution in [3.05, 3.63) is 27.8 Å². The molecule has 10 nitrogen and oxygen atoms in total. The molecule has 1 rings (SSSR count). The van der Waals surface area contributed by atoms with Crippen LogP contribution in [0.4, 0.5) is 0 Å². The molecule has 26 heavy (non-hydrogen) atoms. The van der Waals surface area contributed by atoms with Gasteiger partial charge >= 0.3 is 23.9 Å². The lowest BCUT2D eigenvalue weighted by Gasteiger charge is -2.29. The van der Waals surface area contributed by atoms with Crippen LogP contribution in [0.5, 0.6) is 5.75 Å². The van der Waals surface area contributed by atoms with Gasteiger partial charge in [-0.3, -0.25) is 19.2 Å². The van der Waals surface area contributed by atoms with E-state index in [1.807, 2.05) is 0 Å². The van der Waals surface area contributed by atoms with Crippen LogP contribution in [-0.2, 0) is 41.2 Å². The van der Waals surface area contributed by atoms with Crippen molar-refractivity contribution in [2.75, 3.05) is 0 Å². The number of ether oxygens (including phenoxy) is 3. The van der Waals surface area contributed by atoms with Crippen LogP contribution in [0.2, 0.25) is 0 Å². The lowest BCUT2D eigenvalue weighted by Crippen LogP contribution is -2.42. The van der Waals surface area contributed by atoms with Crippen molar-refractivity contribution in [2.45, 2.75) is 52.6 Å². The molecule has 0 aliphatic carbocycles. The van der Waals surface area contributed by atoms with Gasteiger partial charge < -0.3 is 28.8 Å². The van der Waals surface area contributed by atoms with Crippen molar-refractivity contribution in [1.82, 2.24) is 0 Å². The largest absolute Gasteiger partial charge is 0.502 e. The molecule has 0 amide bonds. The first kappa shape index (κ1) is 21.2. The Balaban J connectivity index is 3.65. The summed E-state index contributed by atoms with van der Waals surface area (Å²) in [5, 5.41) is 18.8. The number of carbonyl (C=O) groups is 3. The molecule has 2 N–H and O–H groups in total. The van der Waals surface area contributed by atoms with Crippen LogP contribution in [0.25, 0.3) is 0 Å². The molecule has 0 saturated carbocycles. The van der Waals surface area contributed by atoms with Gasteiger partial charge in [0.25, 0.3) is 0 Å². The van der Waals surface area contributed by atoms with Gasteiger partial charge in [-0.1, -0.05) is 20.8 Å². The molecule has 0 aliphatic heterocycles. The van der Waals surface area contributed by atoms with Crippen molar-refractivity contribution in [1.29, 1.82) is 0 Å². The zero-order chi connectivity index (χ0) is 19.9. The summed E-state index contributed by atoms with van der Waals surface area (Å²) >= 11 is 0. The molecule has 0 spiro atoms. The van der Waals surface area contributed by atoms with Crippen molar-refractivity contribution < 1.29 is 43.2 Å². The quantitative estimate of drug-likeness (QED) is 0.495. The van der Waals surface area contributed by atoms with Gasteiger partial charge in [-0.2, -0.15) is 0 Å². The summed E-state index contributed by atoms with van der Waals surface area (Å²) in [4.78, 5) is 47.4. The Morgan fingerprint density at radius 2 is 1.42 bits per heavy atom. The minimum Gasteiger partial charge on any atom is -0.502 e. The van der Waals surface area contributed by atoms with Crippen LogP contribution in [-0.4, -0.2) is 28.1 Å². The second-order valence-electron chi connectivity index (χ2n) is 4.94. The van der Waals surface area contributed by atoms with E-state index in [9.17, 15) is 29.4 Å². The average molecular weight is 372 g/mol. The number of esters is 3. The van der Waals surface area contributed by atoms with E-state index in [0.717, 1.165) is 0 Å². The van der Waals surface area contributed by atoms with Crippen molar-refractivity contribution in [2.24, 2.45) is 0 Å². The number of carbonyl (C=O) groups excluding carboxylic acids is 3. The Kier molecular flexibility index (Phi) is 7.32. The van der Waals surface area contributed by atoms with Crippen LogP contribution < -0.4 is 5.43 Å². The molecule has 0 aromatic carbocycles. The Labute approximate surface area is 148 Å². The Hall–Kier alpha value is -2.88. The molecule has 10 heteroatoms. The van der Waals surface area contributed by atoms with E-state index >= 15 is 0 Å². The first-order valence-corrected chi connectivity index (χ1v) is 7.85. The highest BCUT2D eigenvalue weighted by Gasteiger charge is 2.49. The molecule has 0 atom stereocenters. The van der Waals surface area contributed by atoms with Gasteiger partial charge in [0.15, 0.2) is 5.76 Å². The van der Waals surface area contributed by atoms with Crippen LogP contribution in [0.1, 0.15) is 51.6 Å². The lowest BCUT2D eigenvalue weighted by molar-refractivity contribution is -0.348. The molecule has 1 aromatic rings. The molecule has 144 valence electrons. The Morgan fingerprint density at radius 3 is 1.77 bits per heavy atom. The zero-order valence-corrected chi connectivity index (χ0v) is 14.6. The van der Waals surface area contributed by atoms with E-state index in [-0.39, 0.29) is 19.3 Å². The monoisotopic (exact) mass is 372 g/mol. The summed E-state index contributed by atoms with van der Waals surface area (Å²) in [6.45, 7) is 3.41. The molecule has 0 fully saturated rings. The number of hydrogen-bond donors (Lipinski definition) is 2. The van der Waals surface area contributed by atoms with Gasteiger partial charge in [0, 0.05) is 25.3 Å². The number of rotatable bonds is 8. The second-order valence-corrected chi connectivity index (χ2v) is 4.94. The van der Waals surface area contributed by atoms with Crippen molar-refractivity contribution in [3.63, 3.8) is 0 Å². The van der Waals surface area contributed by atoms with Crippen LogP contribution in [0.3, 0.4) is 0 Å². The minimum absolute atomic E-state index is 0.176. The standard InChI is InChI=1S/C16H20O10/c1-4-12(19)24-16(25-13(20)5-2,26-14(21)6-3)11-7-9(18)15(22)10(8-17)23-11/h7,17,22H,4-6,8H2,1-3H3. The predicted octanol–water partition coefficient (Wildman–Crippen LogP) is 0.808. The molecule has 0 bridgehead atoms. The first-order chi connectivity index (χ1) is 12.2. The molecule has 1 heterocycles. The minimum atomic E-state index is -2.80. The number of aliphatic hydroxyl groups excluding tert-OH is 1. The smallest absolute Gasteiger partial charge is 0.488 e. The maximum absolute atomic E-state index is 11.9. The van der Waals surface area contributed by atoms with Gasteiger partial charge in [-0.25, -0.2) is 0 Å². The van der Waals surface area contributed by atoms with Gasteiger partial charge in [0.05, 0.1) is 0 Å². The van der Waals surface area contributed by atoms with E-state index < -0.39 is 53.2 Å². The van der Waals surface area contributed by atoms with E-state index in [1.54, 1.807) is 0 Å². The third-order valence-electron chi connectivity index (χ3n) is 3.05. The highest BCUT2D eigenvalue weighted by molar-refractivity contribution is 5.73. The molecule has 0 radical (unpaired) electrons. The maximum atomic E-state index is 11.9. The van der Waals surface area contributed by atoms with E-state index in [1.165, 1.54) is 20.8 Å². The highest BCUT2D eigenvalue weighted by atomic mass is 16.9. The van der Waals surface area contributed by atoms with Crippen LogP contribution >= 0.6 is 0 Å². The number of aliphatic hydroxyl groups is 1. The molecule has 0 saturated heterocycles. The molecule has 0 unspecified atom stereocenters. The highest BCUT2D eigenvalue weighted by Crippen LogP contribution is 2.32. The molecule has 1 aromatic heterocycles. The number of hydrogen-bond acceptors (Lipinski definition) is 10. The first-order valence-electron chi connectivity index (χ1n) is 7.85. The molecule has 0 aliphatic rings. The van der Waals surface area contributed by atoms with Crippen molar-refractivity contribution in [3.8, 4) is 5.75 Å². The van der Waals surface area contributed by atoms with Gasteiger partial charge in [-0.15, -0.1) is 0 Å². The van der Waals surface area contributed by atoms with Crippen LogP contribution in [0.15, 0.2) is 15.3 Å². The van der Waals surface area contributed by atoms with Crippen LogP contribution in [0, 0.1) is 0 Å². The van der Waals surface area contributed by atoms with Gasteiger partial charge in [0.2, 0.25) is 16.9 Å². The average Bonchev–Trinajstić information content (AvgIpc) is 2.62. The Morgan fingerprint density at radius 1 is 1.00 bits per heavy atom. The van der Waals surface area contributed by atoms with Gasteiger partial charge in [-0.05, 0) is 0 Å². The summed E-state index contributed by atoms with van der Waals surface area (Å²) in [5.74, 6) is -7.78. The fourth-order valence-corrected chi connectivity index (χ4v) is 1.67. The summed E-state index contributed by atoms with van der Waals surface area (Å²) in [5.41, 5.74) is -1.03. The SMILES string of the molecule is CCC(=O)OC(OC(=O)CC)(OC(=O)CC)c1cc(=O)c(O)c(CO)o1. The molecular weight excluding hydrogens is 352 g/mol. The zero-order valence-electron chi connectivity index (χ0n) is 14.6. The van der Waals surface area contributed by atoms with Gasteiger partial charge in [0.1, 0.15) is 6.61 Å². The topological polar surface area (TPSA) is 150 Å². The second kappa shape index (κ2) is 8.99. The van der Waals surface area contributed by atoms with E-state index in [4.69, 9.17) is 18.6 Å². The lowest BCUT2D eigenvalue weighted by atomic mass is 10.2. The summed E-state index contributed by atoms with van der Waals surface area (Å²) in [6, 6.07) is 0.628. The predicted molar refractivity (Wildman–Crippen MR) is 83.4 cm³/mol. The fourth-order valence-electron chi connectivity index (χ4n) is 1.67. The molecular formula is C16H20O10. The van der Waals surface area contributed by atoms with E-state index in [0.29, 0.717) is 6.07 Å². The Bertz CT molecular complexity index is 687. The number of aromatic hydroxyl groups is 1. The third-order valence-corrected chi connectivity index (χ3v) is 3.05. The van der Waals surface area contributed by atoms with E-state index in [2.05, 4.69) is 0 Å². The normalized spacial score (nSPS) is 10.9. The fraction of sp³-hybridized carbons (Fsp3) is 0.500. The summed E-state index contributed by atoms with van der Waals surface area (Å²) in [6.07, 6.45) is -0.529. The van der Waals surface area contributed by atoms with Crippen molar-refractivity contribution >= 4 is 17.9 Å². The summed E-state index contributed by atoms with van der Waals surface area (Å²) in [7, 11) is 0.